The lowest BCUT2D eigenvalue weighted by molar-refractivity contribution is -0.134. The number of likely N-dealkylation sites (tertiary alicyclic amines) is 1. The van der Waals surface area contributed by atoms with Crippen LogP contribution in [-0.2, 0) is 4.79 Å². The highest BCUT2D eigenvalue weighted by Gasteiger charge is 2.38. The van der Waals surface area contributed by atoms with E-state index in [-0.39, 0.29) is 17.1 Å². The van der Waals surface area contributed by atoms with Crippen molar-refractivity contribution in [1.82, 2.24) is 14.9 Å². The second kappa shape index (κ2) is 7.97. The maximum atomic E-state index is 13.4. The highest BCUT2D eigenvalue weighted by molar-refractivity contribution is 5.83. The topological polar surface area (TPSA) is 70.2 Å². The number of carbonyl (C=O) groups excluding carboxylic acids is 1. The zero-order chi connectivity index (χ0) is 20.4. The van der Waals surface area contributed by atoms with Crippen LogP contribution in [0, 0.1) is 11.2 Å². The fourth-order valence-electron chi connectivity index (χ4n) is 3.72. The van der Waals surface area contributed by atoms with Crippen LogP contribution in [0.25, 0.3) is 0 Å². The van der Waals surface area contributed by atoms with Gasteiger partial charge in [0.05, 0.1) is 0 Å². The second-order valence-electron chi connectivity index (χ2n) is 8.61. The van der Waals surface area contributed by atoms with Gasteiger partial charge in [0.2, 0.25) is 11.9 Å². The lowest BCUT2D eigenvalue weighted by Gasteiger charge is -2.20. The van der Waals surface area contributed by atoms with Gasteiger partial charge >= 0.3 is 0 Å². The van der Waals surface area contributed by atoms with Crippen LogP contribution in [0.2, 0.25) is 0 Å². The average Bonchev–Trinajstić information content (AvgIpc) is 3.48. The molecule has 2 aliphatic rings. The zero-order valence-corrected chi connectivity index (χ0v) is 17.0. The molecular formula is C22H28FN5O. The van der Waals surface area contributed by atoms with Crippen molar-refractivity contribution >= 4 is 23.4 Å². The molecule has 1 aliphatic heterocycles. The standard InChI is InChI=1S/C22H28FN5O/c1-22(2)9-12-28(20(22)29)11-4-10-24-19-18(15-7-8-15)14-25-21(27-19)26-17-6-3-5-16(23)13-17/h3,5-6,13-15H,4,7-12H2,1-2H3,(H2,24,25,26,27). The van der Waals surface area contributed by atoms with Crippen molar-refractivity contribution in [2.75, 3.05) is 30.3 Å². The van der Waals surface area contributed by atoms with Gasteiger partial charge in [-0.1, -0.05) is 19.9 Å². The number of hydrogen-bond acceptors (Lipinski definition) is 5. The number of benzene rings is 1. The predicted molar refractivity (Wildman–Crippen MR) is 112 cm³/mol. The van der Waals surface area contributed by atoms with Gasteiger partial charge in [-0.05, 0) is 49.8 Å². The number of rotatable bonds is 8. The van der Waals surface area contributed by atoms with E-state index in [9.17, 15) is 9.18 Å². The van der Waals surface area contributed by atoms with Gasteiger partial charge in [0, 0.05) is 42.5 Å². The van der Waals surface area contributed by atoms with Gasteiger partial charge in [-0.2, -0.15) is 4.98 Å². The molecule has 1 aromatic carbocycles. The SMILES string of the molecule is CC1(C)CCN(CCCNc2nc(Nc3cccc(F)c3)ncc2C2CC2)C1=O. The maximum absolute atomic E-state index is 13.4. The molecule has 0 bridgehead atoms. The maximum Gasteiger partial charge on any atom is 0.229 e. The molecule has 0 spiro atoms. The fraction of sp³-hybridized carbons (Fsp3) is 0.500. The van der Waals surface area contributed by atoms with Gasteiger partial charge in [0.1, 0.15) is 11.6 Å². The van der Waals surface area contributed by atoms with Crippen LogP contribution in [-0.4, -0.2) is 40.4 Å². The monoisotopic (exact) mass is 397 g/mol. The quantitative estimate of drug-likeness (QED) is 0.650. The summed E-state index contributed by atoms with van der Waals surface area (Å²) in [6.07, 6.45) is 5.97. The first-order valence-corrected chi connectivity index (χ1v) is 10.4. The Labute approximate surface area is 170 Å². The summed E-state index contributed by atoms with van der Waals surface area (Å²) in [5, 5.41) is 6.50. The summed E-state index contributed by atoms with van der Waals surface area (Å²) < 4.78 is 13.4. The molecular weight excluding hydrogens is 369 g/mol. The Hall–Kier alpha value is -2.70. The predicted octanol–water partition coefficient (Wildman–Crippen LogP) is 4.30. The van der Waals surface area contributed by atoms with Gasteiger partial charge in [-0.25, -0.2) is 9.37 Å². The molecule has 0 radical (unpaired) electrons. The molecule has 4 rings (SSSR count). The number of amides is 1. The number of carbonyl (C=O) groups is 1. The van der Waals surface area contributed by atoms with E-state index in [1.165, 1.54) is 12.1 Å². The number of hydrogen-bond donors (Lipinski definition) is 2. The summed E-state index contributed by atoms with van der Waals surface area (Å²) in [4.78, 5) is 23.3. The van der Waals surface area contributed by atoms with Crippen LogP contribution < -0.4 is 10.6 Å². The van der Waals surface area contributed by atoms with E-state index in [0.717, 1.165) is 56.7 Å². The largest absolute Gasteiger partial charge is 0.370 e. The van der Waals surface area contributed by atoms with Crippen molar-refractivity contribution in [1.29, 1.82) is 0 Å². The van der Waals surface area contributed by atoms with E-state index in [1.54, 1.807) is 12.1 Å². The fourth-order valence-corrected chi connectivity index (χ4v) is 3.72. The number of aromatic nitrogens is 2. The van der Waals surface area contributed by atoms with E-state index in [2.05, 4.69) is 20.6 Å². The molecule has 29 heavy (non-hydrogen) atoms. The van der Waals surface area contributed by atoms with E-state index in [4.69, 9.17) is 0 Å². The van der Waals surface area contributed by atoms with Gasteiger partial charge < -0.3 is 15.5 Å². The molecule has 0 unspecified atom stereocenters. The summed E-state index contributed by atoms with van der Waals surface area (Å²) in [5.41, 5.74) is 1.52. The summed E-state index contributed by atoms with van der Waals surface area (Å²) in [6.45, 7) is 6.37. The summed E-state index contributed by atoms with van der Waals surface area (Å²) in [6, 6.07) is 6.25. The molecule has 0 atom stereocenters. The Morgan fingerprint density at radius 3 is 2.83 bits per heavy atom. The van der Waals surface area contributed by atoms with Crippen LogP contribution in [0.4, 0.5) is 21.8 Å². The Bertz CT molecular complexity index is 897. The molecule has 7 heteroatoms. The molecule has 2 aromatic rings. The molecule has 1 aromatic heterocycles. The van der Waals surface area contributed by atoms with E-state index in [0.29, 0.717) is 17.6 Å². The number of nitrogens with zero attached hydrogens (tertiary/aromatic N) is 3. The summed E-state index contributed by atoms with van der Waals surface area (Å²) >= 11 is 0. The Balaban J connectivity index is 1.37. The highest BCUT2D eigenvalue weighted by atomic mass is 19.1. The Kier molecular flexibility index (Phi) is 5.39. The molecule has 2 N–H and O–H groups in total. The lowest BCUT2D eigenvalue weighted by Crippen LogP contribution is -2.32. The average molecular weight is 397 g/mol. The third-order valence-electron chi connectivity index (χ3n) is 5.69. The summed E-state index contributed by atoms with van der Waals surface area (Å²) in [7, 11) is 0. The van der Waals surface area contributed by atoms with Crippen LogP contribution in [0.5, 0.6) is 0 Å². The summed E-state index contributed by atoms with van der Waals surface area (Å²) in [5.74, 6) is 1.73. The molecule has 154 valence electrons. The first-order valence-electron chi connectivity index (χ1n) is 10.4. The van der Waals surface area contributed by atoms with Gasteiger partial charge in [-0.3, -0.25) is 4.79 Å². The molecule has 1 aliphatic carbocycles. The zero-order valence-electron chi connectivity index (χ0n) is 17.0. The number of nitrogens with one attached hydrogen (secondary N) is 2. The molecule has 6 nitrogen and oxygen atoms in total. The van der Waals surface area contributed by atoms with Gasteiger partial charge in [-0.15, -0.1) is 0 Å². The number of halogens is 1. The van der Waals surface area contributed by atoms with Crippen molar-refractivity contribution in [2.45, 2.75) is 45.4 Å². The molecule has 1 saturated carbocycles. The van der Waals surface area contributed by atoms with Crippen LogP contribution in [0.15, 0.2) is 30.5 Å². The van der Waals surface area contributed by atoms with Crippen molar-refractivity contribution < 1.29 is 9.18 Å². The van der Waals surface area contributed by atoms with Crippen molar-refractivity contribution in [3.63, 3.8) is 0 Å². The first kappa shape index (κ1) is 19.6. The molecule has 2 fully saturated rings. The Morgan fingerprint density at radius 2 is 2.14 bits per heavy atom. The third kappa shape index (κ3) is 4.66. The van der Waals surface area contributed by atoms with Crippen LogP contribution in [0.3, 0.4) is 0 Å². The first-order chi connectivity index (χ1) is 13.9. The van der Waals surface area contributed by atoms with E-state index in [1.807, 2.05) is 24.9 Å². The molecule has 1 saturated heterocycles. The van der Waals surface area contributed by atoms with E-state index >= 15 is 0 Å². The smallest absolute Gasteiger partial charge is 0.229 e. The number of anilines is 3. The lowest BCUT2D eigenvalue weighted by atomic mass is 9.92. The minimum atomic E-state index is -0.303. The van der Waals surface area contributed by atoms with Gasteiger partial charge in [0.15, 0.2) is 0 Å². The Morgan fingerprint density at radius 1 is 1.31 bits per heavy atom. The van der Waals surface area contributed by atoms with Crippen LogP contribution >= 0.6 is 0 Å². The van der Waals surface area contributed by atoms with E-state index < -0.39 is 0 Å². The van der Waals surface area contributed by atoms with Gasteiger partial charge in [0.25, 0.3) is 0 Å². The molecule has 2 heterocycles. The third-order valence-corrected chi connectivity index (χ3v) is 5.69. The van der Waals surface area contributed by atoms with Crippen molar-refractivity contribution in [2.24, 2.45) is 5.41 Å². The highest BCUT2D eigenvalue weighted by Crippen LogP contribution is 2.42. The molecule has 1 amide bonds. The van der Waals surface area contributed by atoms with Crippen molar-refractivity contribution in [3.8, 4) is 0 Å². The normalized spacial score (nSPS) is 18.2. The second-order valence-corrected chi connectivity index (χ2v) is 8.61. The van der Waals surface area contributed by atoms with Crippen molar-refractivity contribution in [3.05, 3.63) is 41.8 Å². The minimum Gasteiger partial charge on any atom is -0.370 e. The van der Waals surface area contributed by atoms with Crippen LogP contribution in [0.1, 0.15) is 51.0 Å². The minimum absolute atomic E-state index is 0.225.